The first kappa shape index (κ1) is 39.8. The van der Waals surface area contributed by atoms with E-state index in [9.17, 15) is 0 Å². The Labute approximate surface area is 382 Å². The van der Waals surface area contributed by atoms with Gasteiger partial charge < -0.3 is 4.57 Å². The highest BCUT2D eigenvalue weighted by molar-refractivity contribution is 7.25. The molecule has 0 N–H and O–H groups in total. The van der Waals surface area contributed by atoms with Crippen molar-refractivity contribution in [2.75, 3.05) is 0 Å². The molecule has 6 heteroatoms. The first-order valence-corrected chi connectivity index (χ1v) is 22.9. The van der Waals surface area contributed by atoms with E-state index in [4.69, 9.17) is 9.97 Å². The molecule has 0 aliphatic heterocycles. The van der Waals surface area contributed by atoms with E-state index in [-0.39, 0.29) is 0 Å². The van der Waals surface area contributed by atoms with Crippen molar-refractivity contribution < 1.29 is 0 Å². The summed E-state index contributed by atoms with van der Waals surface area (Å²) < 4.78 is 4.98. The monoisotopic (exact) mass is 853 g/mol. The number of hydrogen-bond acceptors (Lipinski definition) is 5. The highest BCUT2D eigenvalue weighted by Crippen LogP contribution is 2.42. The van der Waals surface area contributed by atoms with Crippen LogP contribution in [0.3, 0.4) is 0 Å². The van der Waals surface area contributed by atoms with Crippen molar-refractivity contribution >= 4 is 53.3 Å². The Kier molecular flexibility index (Phi) is 10.8. The molecular weight excluding hydrogens is 811 g/mol. The van der Waals surface area contributed by atoms with Crippen LogP contribution in [-0.2, 0) is 6.42 Å². The smallest absolute Gasteiger partial charge is 0.0708 e. The fourth-order valence-corrected chi connectivity index (χ4v) is 10.1. The SMILES string of the molecule is CCCc1ccccn1.c1ccc(-c2ccccc2-c2ccc3c(c2)c2cc(-c4ccccc4-c4ccccn4)ccc2n3-c2ccc3sc4ccc(-c5cccnc5)cc4c3c2)nc1. The van der Waals surface area contributed by atoms with Gasteiger partial charge in [0.15, 0.2) is 0 Å². The Balaban J connectivity index is 0.000000468. The van der Waals surface area contributed by atoms with Gasteiger partial charge in [0.25, 0.3) is 0 Å². The molecule has 0 aliphatic carbocycles. The highest BCUT2D eigenvalue weighted by atomic mass is 32.1. The van der Waals surface area contributed by atoms with Gasteiger partial charge in [-0.3, -0.25) is 19.9 Å². The number of aromatic nitrogens is 5. The first-order valence-electron chi connectivity index (χ1n) is 22.1. The second kappa shape index (κ2) is 17.6. The molecular formula is C59H43N5S. The average Bonchev–Trinajstić information content (AvgIpc) is 3.92. The summed E-state index contributed by atoms with van der Waals surface area (Å²) in [4.78, 5) is 18.0. The largest absolute Gasteiger partial charge is 0.309 e. The summed E-state index contributed by atoms with van der Waals surface area (Å²) in [7, 11) is 0. The summed E-state index contributed by atoms with van der Waals surface area (Å²) in [6, 6.07) is 67.0. The highest BCUT2D eigenvalue weighted by Gasteiger charge is 2.18. The van der Waals surface area contributed by atoms with Crippen LogP contribution in [0.5, 0.6) is 0 Å². The third-order valence-electron chi connectivity index (χ3n) is 12.1. The maximum absolute atomic E-state index is 4.72. The number of pyridine rings is 4. The lowest BCUT2D eigenvalue weighted by atomic mass is 9.94. The molecule has 12 rings (SSSR count). The number of hydrogen-bond donors (Lipinski definition) is 0. The van der Waals surface area contributed by atoms with E-state index in [1.807, 2.05) is 84.8 Å². The van der Waals surface area contributed by atoms with Crippen molar-refractivity contribution in [3.05, 3.63) is 225 Å². The van der Waals surface area contributed by atoms with Gasteiger partial charge in [0, 0.05) is 90.0 Å². The number of thiophene rings is 1. The third kappa shape index (κ3) is 7.75. The molecule has 5 nitrogen and oxygen atoms in total. The van der Waals surface area contributed by atoms with Gasteiger partial charge in [-0.15, -0.1) is 11.3 Å². The topological polar surface area (TPSA) is 56.5 Å². The minimum absolute atomic E-state index is 0.960. The van der Waals surface area contributed by atoms with Crippen molar-refractivity contribution in [1.29, 1.82) is 0 Å². The van der Waals surface area contributed by atoms with Crippen molar-refractivity contribution in [2.24, 2.45) is 0 Å². The molecule has 0 spiro atoms. The van der Waals surface area contributed by atoms with Gasteiger partial charge in [-0.2, -0.15) is 0 Å². The molecule has 12 aromatic rings. The van der Waals surface area contributed by atoms with Crippen LogP contribution < -0.4 is 0 Å². The standard InChI is InChI=1S/C51H32N4S.C8H11N/c1-3-13-40(46-15-5-7-26-53-46)38(11-1)34-17-21-48-42(29-34)43-30-35(39-12-2-4-14-41(39)47-16-6-8-27-54-47)18-22-49(43)55(48)37-20-24-51-45(31-37)44-28-33(19-23-50(44)56-51)36-10-9-25-52-32-36;1-2-5-8-6-3-4-7-9-8/h1-32H;3-4,6-7H,2,5H2,1H3. The molecule has 0 atom stereocenters. The summed E-state index contributed by atoms with van der Waals surface area (Å²) >= 11 is 1.84. The molecule has 0 radical (unpaired) electrons. The van der Waals surface area contributed by atoms with Gasteiger partial charge in [-0.05, 0) is 131 Å². The van der Waals surface area contributed by atoms with Crippen molar-refractivity contribution in [3.8, 4) is 61.6 Å². The van der Waals surface area contributed by atoms with E-state index >= 15 is 0 Å². The first-order chi connectivity index (χ1) is 32.2. The molecule has 0 bridgehead atoms. The maximum Gasteiger partial charge on any atom is 0.0708 e. The summed E-state index contributed by atoms with van der Waals surface area (Å²) in [6.45, 7) is 2.16. The van der Waals surface area contributed by atoms with Gasteiger partial charge in [-0.1, -0.05) is 104 Å². The molecule has 6 heterocycles. The van der Waals surface area contributed by atoms with Crippen molar-refractivity contribution in [1.82, 2.24) is 24.5 Å². The van der Waals surface area contributed by atoms with Crippen molar-refractivity contribution in [3.63, 3.8) is 0 Å². The minimum Gasteiger partial charge on any atom is -0.309 e. The lowest BCUT2D eigenvalue weighted by molar-refractivity contribution is 0.883. The van der Waals surface area contributed by atoms with Crippen LogP contribution in [0.2, 0.25) is 0 Å². The number of aryl methyl sites for hydroxylation is 1. The average molecular weight is 854 g/mol. The van der Waals surface area contributed by atoms with Crippen LogP contribution in [0.15, 0.2) is 219 Å². The summed E-state index contributed by atoms with van der Waals surface area (Å²) in [5.41, 5.74) is 15.7. The normalized spacial score (nSPS) is 11.3. The second-order valence-electron chi connectivity index (χ2n) is 16.1. The lowest BCUT2D eigenvalue weighted by Gasteiger charge is -2.11. The van der Waals surface area contributed by atoms with Crippen LogP contribution >= 0.6 is 11.3 Å². The number of fused-ring (bicyclic) bond motifs is 6. The summed E-state index contributed by atoms with van der Waals surface area (Å²) in [5.74, 6) is 0. The van der Waals surface area contributed by atoms with Gasteiger partial charge in [0.1, 0.15) is 0 Å². The molecule has 0 unspecified atom stereocenters. The molecule has 0 fully saturated rings. The van der Waals surface area contributed by atoms with Crippen LogP contribution in [0, 0.1) is 0 Å². The molecule has 310 valence electrons. The minimum atomic E-state index is 0.960. The Bertz CT molecular complexity index is 3460. The van der Waals surface area contributed by atoms with Gasteiger partial charge in [-0.25, -0.2) is 0 Å². The van der Waals surface area contributed by atoms with Crippen molar-refractivity contribution in [2.45, 2.75) is 19.8 Å². The molecule has 0 saturated carbocycles. The van der Waals surface area contributed by atoms with E-state index in [0.717, 1.165) is 73.5 Å². The number of rotatable bonds is 8. The van der Waals surface area contributed by atoms with E-state index in [2.05, 4.69) is 167 Å². The molecule has 0 aliphatic rings. The Morgan fingerprint density at radius 3 is 1.51 bits per heavy atom. The molecule has 6 aromatic carbocycles. The van der Waals surface area contributed by atoms with Crippen LogP contribution in [-0.4, -0.2) is 24.5 Å². The second-order valence-corrected chi connectivity index (χ2v) is 17.2. The van der Waals surface area contributed by atoms with Gasteiger partial charge in [0.05, 0.1) is 22.4 Å². The van der Waals surface area contributed by atoms with Crippen LogP contribution in [0.4, 0.5) is 0 Å². The molecule has 6 aromatic heterocycles. The van der Waals surface area contributed by atoms with E-state index in [1.165, 1.54) is 48.6 Å². The zero-order valence-corrected chi connectivity index (χ0v) is 36.7. The predicted octanol–water partition coefficient (Wildman–Crippen LogP) is 15.7. The van der Waals surface area contributed by atoms with Crippen LogP contribution in [0.1, 0.15) is 19.0 Å². The lowest BCUT2D eigenvalue weighted by Crippen LogP contribution is -1.94. The number of nitrogens with zero attached hydrogens (tertiary/aromatic N) is 5. The fraction of sp³-hybridized carbons (Fsp3) is 0.0508. The number of benzene rings is 6. The molecule has 0 saturated heterocycles. The third-order valence-corrected chi connectivity index (χ3v) is 13.2. The predicted molar refractivity (Wildman–Crippen MR) is 272 cm³/mol. The molecule has 65 heavy (non-hydrogen) atoms. The van der Waals surface area contributed by atoms with Gasteiger partial charge >= 0.3 is 0 Å². The fourth-order valence-electron chi connectivity index (χ4n) is 9.02. The summed E-state index contributed by atoms with van der Waals surface area (Å²) in [5, 5.41) is 4.90. The zero-order chi connectivity index (χ0) is 43.5. The Morgan fingerprint density at radius 1 is 0.415 bits per heavy atom. The molecule has 0 amide bonds. The van der Waals surface area contributed by atoms with E-state index < -0.39 is 0 Å². The van der Waals surface area contributed by atoms with E-state index in [0.29, 0.717) is 0 Å². The maximum atomic E-state index is 4.72. The Hall–Kier alpha value is -8.06. The zero-order valence-electron chi connectivity index (χ0n) is 35.8. The Morgan fingerprint density at radius 2 is 0.954 bits per heavy atom. The quantitative estimate of drug-likeness (QED) is 0.153. The van der Waals surface area contributed by atoms with E-state index in [1.54, 1.807) is 0 Å². The van der Waals surface area contributed by atoms with Crippen LogP contribution in [0.25, 0.3) is 104 Å². The summed E-state index contributed by atoms with van der Waals surface area (Å²) in [6.07, 6.45) is 11.6. The van der Waals surface area contributed by atoms with Gasteiger partial charge in [0.2, 0.25) is 0 Å².